The lowest BCUT2D eigenvalue weighted by Crippen LogP contribution is -2.07. The minimum absolute atomic E-state index is 0.0792. The molecule has 0 N–H and O–H groups in total. The Hall–Kier alpha value is -1.43. The van der Waals surface area contributed by atoms with Gasteiger partial charge >= 0.3 is 5.97 Å². The SMILES string of the molecule is CCOC(=O)c1ccc(S(C)(=O)=O)cn1. The second-order valence-electron chi connectivity index (χ2n) is 2.87. The van der Waals surface area contributed by atoms with E-state index >= 15 is 0 Å². The van der Waals surface area contributed by atoms with Crippen LogP contribution in [0.25, 0.3) is 0 Å². The predicted octanol–water partition coefficient (Wildman–Crippen LogP) is 0.662. The van der Waals surface area contributed by atoms with Gasteiger partial charge in [-0.2, -0.15) is 0 Å². The maximum absolute atomic E-state index is 11.2. The van der Waals surface area contributed by atoms with Crippen LogP contribution in [0.5, 0.6) is 0 Å². The van der Waals surface area contributed by atoms with Gasteiger partial charge in [-0.3, -0.25) is 0 Å². The van der Waals surface area contributed by atoms with Crippen LogP contribution in [0.3, 0.4) is 0 Å². The highest BCUT2D eigenvalue weighted by Crippen LogP contribution is 2.07. The van der Waals surface area contributed by atoms with Crippen LogP contribution in [0.2, 0.25) is 0 Å². The Bertz CT molecular complexity index is 450. The molecule has 6 heteroatoms. The Labute approximate surface area is 88.0 Å². The minimum Gasteiger partial charge on any atom is -0.461 e. The van der Waals surface area contributed by atoms with Crippen LogP contribution in [-0.4, -0.2) is 32.2 Å². The molecule has 0 amide bonds. The van der Waals surface area contributed by atoms with Gasteiger partial charge in [-0.15, -0.1) is 0 Å². The number of sulfone groups is 1. The van der Waals surface area contributed by atoms with E-state index in [0.29, 0.717) is 0 Å². The Morgan fingerprint density at radius 2 is 2.13 bits per heavy atom. The van der Waals surface area contributed by atoms with Gasteiger partial charge in [0.15, 0.2) is 9.84 Å². The maximum Gasteiger partial charge on any atom is 0.356 e. The Morgan fingerprint density at radius 3 is 2.53 bits per heavy atom. The summed E-state index contributed by atoms with van der Waals surface area (Å²) in [6, 6.07) is 2.66. The quantitative estimate of drug-likeness (QED) is 0.712. The van der Waals surface area contributed by atoms with Crippen LogP contribution in [0.4, 0.5) is 0 Å². The molecule has 0 bridgehead atoms. The first-order valence-electron chi connectivity index (χ1n) is 4.28. The lowest BCUT2D eigenvalue weighted by molar-refractivity contribution is 0.0519. The molecule has 0 fully saturated rings. The number of hydrogen-bond acceptors (Lipinski definition) is 5. The van der Waals surface area contributed by atoms with Crippen molar-refractivity contribution >= 4 is 15.8 Å². The van der Waals surface area contributed by atoms with E-state index in [2.05, 4.69) is 4.98 Å². The van der Waals surface area contributed by atoms with E-state index in [9.17, 15) is 13.2 Å². The van der Waals surface area contributed by atoms with E-state index in [1.165, 1.54) is 12.1 Å². The van der Waals surface area contributed by atoms with Crippen LogP contribution in [0.1, 0.15) is 17.4 Å². The summed E-state index contributed by atoms with van der Waals surface area (Å²) in [5.41, 5.74) is 0.101. The molecule has 1 heterocycles. The lowest BCUT2D eigenvalue weighted by Gasteiger charge is -2.01. The minimum atomic E-state index is -3.27. The van der Waals surface area contributed by atoms with Crippen LogP contribution < -0.4 is 0 Å². The molecule has 0 aliphatic carbocycles. The molecule has 0 aliphatic heterocycles. The van der Waals surface area contributed by atoms with E-state index in [4.69, 9.17) is 4.74 Å². The summed E-state index contributed by atoms with van der Waals surface area (Å²) in [6.45, 7) is 1.94. The van der Waals surface area contributed by atoms with E-state index < -0.39 is 15.8 Å². The molecule has 15 heavy (non-hydrogen) atoms. The predicted molar refractivity (Wildman–Crippen MR) is 53.3 cm³/mol. The molecule has 0 spiro atoms. The zero-order chi connectivity index (χ0) is 11.5. The fraction of sp³-hybridized carbons (Fsp3) is 0.333. The summed E-state index contributed by atoms with van der Waals surface area (Å²) in [7, 11) is -3.27. The van der Waals surface area contributed by atoms with Gasteiger partial charge in [0, 0.05) is 12.5 Å². The van der Waals surface area contributed by atoms with Gasteiger partial charge in [0.25, 0.3) is 0 Å². The van der Waals surface area contributed by atoms with Crippen molar-refractivity contribution in [2.75, 3.05) is 12.9 Å². The first-order chi connectivity index (χ1) is 6.95. The molecular formula is C9H11NO4S. The third-order valence-corrected chi connectivity index (χ3v) is 2.75. The van der Waals surface area contributed by atoms with Gasteiger partial charge in [0.05, 0.1) is 11.5 Å². The van der Waals surface area contributed by atoms with Crippen molar-refractivity contribution < 1.29 is 17.9 Å². The fourth-order valence-corrected chi connectivity index (χ4v) is 1.48. The number of carbonyl (C=O) groups is 1. The number of carbonyl (C=O) groups excluding carboxylic acids is 1. The average Bonchev–Trinajstić information content (AvgIpc) is 2.17. The first kappa shape index (κ1) is 11.6. The molecule has 0 unspecified atom stereocenters. The Morgan fingerprint density at radius 1 is 1.47 bits per heavy atom. The zero-order valence-corrected chi connectivity index (χ0v) is 9.24. The average molecular weight is 229 g/mol. The maximum atomic E-state index is 11.2. The summed E-state index contributed by atoms with van der Waals surface area (Å²) in [5.74, 6) is -0.558. The van der Waals surface area contributed by atoms with Crippen molar-refractivity contribution in [2.45, 2.75) is 11.8 Å². The van der Waals surface area contributed by atoms with Crippen LogP contribution in [0.15, 0.2) is 23.2 Å². The molecule has 0 atom stereocenters. The molecule has 0 aliphatic rings. The van der Waals surface area contributed by atoms with E-state index in [0.717, 1.165) is 12.5 Å². The molecule has 0 saturated carbocycles. The van der Waals surface area contributed by atoms with Crippen molar-refractivity contribution in [1.29, 1.82) is 0 Å². The summed E-state index contributed by atoms with van der Waals surface area (Å²) in [6.07, 6.45) is 2.22. The normalized spacial score (nSPS) is 11.1. The van der Waals surface area contributed by atoms with E-state index in [-0.39, 0.29) is 17.2 Å². The molecule has 0 radical (unpaired) electrons. The van der Waals surface area contributed by atoms with Crippen molar-refractivity contribution in [3.63, 3.8) is 0 Å². The van der Waals surface area contributed by atoms with Crippen LogP contribution in [-0.2, 0) is 14.6 Å². The van der Waals surface area contributed by atoms with Gasteiger partial charge in [-0.05, 0) is 19.1 Å². The van der Waals surface area contributed by atoms with Crippen molar-refractivity contribution in [1.82, 2.24) is 4.98 Å². The van der Waals surface area contributed by atoms with Gasteiger partial charge in [0.1, 0.15) is 5.69 Å². The summed E-state index contributed by atoms with van der Waals surface area (Å²) in [5, 5.41) is 0. The monoisotopic (exact) mass is 229 g/mol. The number of rotatable bonds is 3. The Balaban J connectivity index is 2.96. The standard InChI is InChI=1S/C9H11NO4S/c1-3-14-9(11)8-5-4-7(6-10-8)15(2,12)13/h4-6H,3H2,1-2H3. The third kappa shape index (κ3) is 3.02. The molecule has 1 aromatic rings. The topological polar surface area (TPSA) is 73.3 Å². The van der Waals surface area contributed by atoms with Crippen molar-refractivity contribution in [2.24, 2.45) is 0 Å². The molecular weight excluding hydrogens is 218 g/mol. The molecule has 1 aromatic heterocycles. The number of nitrogens with zero attached hydrogens (tertiary/aromatic N) is 1. The fourth-order valence-electron chi connectivity index (χ4n) is 0.925. The van der Waals surface area contributed by atoms with Crippen molar-refractivity contribution in [3.05, 3.63) is 24.0 Å². The number of pyridine rings is 1. The number of esters is 1. The highest BCUT2D eigenvalue weighted by atomic mass is 32.2. The van der Waals surface area contributed by atoms with Gasteiger partial charge < -0.3 is 4.74 Å². The second-order valence-corrected chi connectivity index (χ2v) is 4.89. The second kappa shape index (κ2) is 4.39. The first-order valence-corrected chi connectivity index (χ1v) is 6.17. The number of ether oxygens (including phenoxy) is 1. The van der Waals surface area contributed by atoms with Crippen molar-refractivity contribution in [3.8, 4) is 0 Å². The molecule has 1 rings (SSSR count). The van der Waals surface area contributed by atoms with Crippen LogP contribution >= 0.6 is 0 Å². The van der Waals surface area contributed by atoms with Gasteiger partial charge in [0.2, 0.25) is 0 Å². The third-order valence-electron chi connectivity index (χ3n) is 1.65. The van der Waals surface area contributed by atoms with Gasteiger partial charge in [-0.1, -0.05) is 0 Å². The largest absolute Gasteiger partial charge is 0.461 e. The molecule has 5 nitrogen and oxygen atoms in total. The highest BCUT2D eigenvalue weighted by molar-refractivity contribution is 7.90. The zero-order valence-electron chi connectivity index (χ0n) is 8.43. The lowest BCUT2D eigenvalue weighted by atomic mass is 10.3. The summed E-state index contributed by atoms with van der Waals surface area (Å²) < 4.78 is 26.9. The smallest absolute Gasteiger partial charge is 0.356 e. The molecule has 0 saturated heterocycles. The Kier molecular flexibility index (Phi) is 3.41. The van der Waals surface area contributed by atoms with Crippen LogP contribution in [0, 0.1) is 0 Å². The molecule has 82 valence electrons. The van der Waals surface area contributed by atoms with E-state index in [1.807, 2.05) is 0 Å². The number of aromatic nitrogens is 1. The summed E-state index contributed by atoms with van der Waals surface area (Å²) >= 11 is 0. The number of hydrogen-bond donors (Lipinski definition) is 0. The van der Waals surface area contributed by atoms with E-state index in [1.54, 1.807) is 6.92 Å². The highest BCUT2D eigenvalue weighted by Gasteiger charge is 2.11. The molecule has 0 aromatic carbocycles. The summed E-state index contributed by atoms with van der Waals surface area (Å²) in [4.78, 5) is 15.0. The van der Waals surface area contributed by atoms with Gasteiger partial charge in [-0.25, -0.2) is 18.2 Å².